The lowest BCUT2D eigenvalue weighted by molar-refractivity contribution is 0.593. The zero-order valence-electron chi connectivity index (χ0n) is 6.78. The number of rotatable bonds is 3. The van der Waals surface area contributed by atoms with Gasteiger partial charge in [-0.25, -0.2) is 0 Å². The van der Waals surface area contributed by atoms with Gasteiger partial charge in [-0.15, -0.1) is 0 Å². The van der Waals surface area contributed by atoms with Gasteiger partial charge >= 0.3 is 0 Å². The van der Waals surface area contributed by atoms with Crippen LogP contribution >= 0.6 is 0 Å². The number of hydrogen-bond acceptors (Lipinski definition) is 0. The van der Waals surface area contributed by atoms with Crippen LogP contribution in [-0.2, 0) is 0 Å². The van der Waals surface area contributed by atoms with Crippen molar-refractivity contribution in [2.75, 3.05) is 0 Å². The predicted molar refractivity (Wildman–Crippen MR) is 43.2 cm³/mol. The second kappa shape index (κ2) is 4.60. The van der Waals surface area contributed by atoms with E-state index in [4.69, 9.17) is 0 Å². The largest absolute Gasteiger partial charge is 0.0856 e. The van der Waals surface area contributed by atoms with Gasteiger partial charge in [-0.2, -0.15) is 0 Å². The molecule has 0 atom stereocenters. The van der Waals surface area contributed by atoms with Gasteiger partial charge in [0.2, 0.25) is 0 Å². The Morgan fingerprint density at radius 2 is 2.11 bits per heavy atom. The summed E-state index contributed by atoms with van der Waals surface area (Å²) in [6.45, 7) is 10.3. The zero-order chi connectivity index (χ0) is 7.28. The molecule has 0 aromatic carbocycles. The molecule has 0 spiro atoms. The van der Waals surface area contributed by atoms with Crippen molar-refractivity contribution in [3.63, 3.8) is 0 Å². The molecule has 53 valence electrons. The summed E-state index contributed by atoms with van der Waals surface area (Å²) in [5.74, 6) is 0.820. The predicted octanol–water partition coefficient (Wildman–Crippen LogP) is 3.20. The minimum Gasteiger partial charge on any atom is -0.0856 e. The monoisotopic (exact) mass is 125 g/mol. The van der Waals surface area contributed by atoms with Crippen LogP contribution in [0.5, 0.6) is 0 Å². The summed E-state index contributed by atoms with van der Waals surface area (Å²) < 4.78 is 0. The molecule has 0 aliphatic carbocycles. The van der Waals surface area contributed by atoms with Gasteiger partial charge in [0, 0.05) is 0 Å². The van der Waals surface area contributed by atoms with Crippen molar-refractivity contribution in [2.24, 2.45) is 5.92 Å². The molecule has 0 saturated heterocycles. The molecular formula is C9H17. The van der Waals surface area contributed by atoms with Crippen LogP contribution in [0, 0.1) is 12.8 Å². The Bertz CT molecular complexity index is 84.2. The van der Waals surface area contributed by atoms with Crippen molar-refractivity contribution >= 4 is 0 Å². The fourth-order valence-corrected chi connectivity index (χ4v) is 0.663. The minimum absolute atomic E-state index is 0.820. The smallest absolute Gasteiger partial charge is 0.0286 e. The summed E-state index contributed by atoms with van der Waals surface area (Å²) in [7, 11) is 0. The molecule has 0 unspecified atom stereocenters. The maximum Gasteiger partial charge on any atom is -0.0286 e. The summed E-state index contributed by atoms with van der Waals surface area (Å²) in [6.07, 6.45) is 4.67. The lowest BCUT2D eigenvalue weighted by Gasteiger charge is -1.99. The summed E-state index contributed by atoms with van der Waals surface area (Å²) in [5, 5.41) is 0. The van der Waals surface area contributed by atoms with Crippen LogP contribution in [-0.4, -0.2) is 0 Å². The average Bonchev–Trinajstić information content (AvgIpc) is 1.63. The Labute approximate surface area is 59.0 Å². The van der Waals surface area contributed by atoms with Gasteiger partial charge in [-0.3, -0.25) is 0 Å². The minimum atomic E-state index is 0.820. The van der Waals surface area contributed by atoms with Crippen molar-refractivity contribution in [1.82, 2.24) is 0 Å². The normalized spacial score (nSPS) is 12.8. The highest BCUT2D eigenvalue weighted by Crippen LogP contribution is 2.05. The molecule has 0 heterocycles. The van der Waals surface area contributed by atoms with E-state index in [1.54, 1.807) is 0 Å². The van der Waals surface area contributed by atoms with Gasteiger partial charge in [0.05, 0.1) is 0 Å². The molecule has 0 aromatic rings. The third-order valence-electron chi connectivity index (χ3n) is 1.24. The van der Waals surface area contributed by atoms with Crippen molar-refractivity contribution in [3.05, 3.63) is 18.6 Å². The van der Waals surface area contributed by atoms with Gasteiger partial charge in [-0.05, 0) is 32.6 Å². The van der Waals surface area contributed by atoms with E-state index in [9.17, 15) is 0 Å². The van der Waals surface area contributed by atoms with Gasteiger partial charge in [0.15, 0.2) is 0 Å². The van der Waals surface area contributed by atoms with Crippen LogP contribution in [0.3, 0.4) is 0 Å². The lowest BCUT2D eigenvalue weighted by atomic mass is 10.1. The van der Waals surface area contributed by atoms with Crippen molar-refractivity contribution in [3.8, 4) is 0 Å². The topological polar surface area (TPSA) is 0 Å². The fourth-order valence-electron chi connectivity index (χ4n) is 0.663. The van der Waals surface area contributed by atoms with Gasteiger partial charge in [0.25, 0.3) is 0 Å². The van der Waals surface area contributed by atoms with Gasteiger partial charge < -0.3 is 0 Å². The molecule has 0 heteroatoms. The SMILES string of the molecule is [CH2]/C(C)=C/CCC(C)C. The van der Waals surface area contributed by atoms with Crippen LogP contribution < -0.4 is 0 Å². The first kappa shape index (κ1) is 8.74. The van der Waals surface area contributed by atoms with E-state index in [1.165, 1.54) is 18.4 Å². The van der Waals surface area contributed by atoms with Crippen molar-refractivity contribution in [2.45, 2.75) is 33.6 Å². The number of hydrogen-bond donors (Lipinski definition) is 0. The molecule has 0 rings (SSSR count). The summed E-state index contributed by atoms with van der Waals surface area (Å²) in [6, 6.07) is 0. The Morgan fingerprint density at radius 3 is 2.44 bits per heavy atom. The summed E-state index contributed by atoms with van der Waals surface area (Å²) in [5.41, 5.74) is 1.19. The second-order valence-electron chi connectivity index (χ2n) is 3.02. The van der Waals surface area contributed by atoms with Crippen molar-refractivity contribution in [1.29, 1.82) is 0 Å². The molecule has 0 aliphatic rings. The van der Waals surface area contributed by atoms with Crippen LogP contribution in [0.1, 0.15) is 33.6 Å². The van der Waals surface area contributed by atoms with E-state index >= 15 is 0 Å². The Hall–Kier alpha value is -0.260. The van der Waals surface area contributed by atoms with Crippen molar-refractivity contribution < 1.29 is 0 Å². The summed E-state index contributed by atoms with van der Waals surface area (Å²) >= 11 is 0. The molecule has 0 fully saturated rings. The highest BCUT2D eigenvalue weighted by Gasteiger charge is 1.89. The molecule has 0 aliphatic heterocycles. The first-order valence-electron chi connectivity index (χ1n) is 3.61. The lowest BCUT2D eigenvalue weighted by Crippen LogP contribution is -1.83. The van der Waals surface area contributed by atoms with Crippen LogP contribution in [0.15, 0.2) is 11.6 Å². The quantitative estimate of drug-likeness (QED) is 0.543. The highest BCUT2D eigenvalue weighted by molar-refractivity contribution is 5.00. The molecule has 0 nitrogen and oxygen atoms in total. The van der Waals surface area contributed by atoms with Gasteiger partial charge in [-0.1, -0.05) is 25.5 Å². The molecule has 0 amide bonds. The van der Waals surface area contributed by atoms with E-state index < -0.39 is 0 Å². The second-order valence-corrected chi connectivity index (χ2v) is 3.02. The third kappa shape index (κ3) is 7.74. The van der Waals surface area contributed by atoms with Crippen LogP contribution in [0.4, 0.5) is 0 Å². The Kier molecular flexibility index (Phi) is 4.47. The molecule has 0 bridgehead atoms. The molecule has 0 N–H and O–H groups in total. The average molecular weight is 125 g/mol. The first-order chi connectivity index (χ1) is 4.13. The zero-order valence-corrected chi connectivity index (χ0v) is 6.78. The molecule has 9 heavy (non-hydrogen) atoms. The fraction of sp³-hybridized carbons (Fsp3) is 0.667. The summed E-state index contributed by atoms with van der Waals surface area (Å²) in [4.78, 5) is 0. The van der Waals surface area contributed by atoms with E-state index in [0.29, 0.717) is 0 Å². The van der Waals surface area contributed by atoms with E-state index in [1.807, 2.05) is 6.92 Å². The van der Waals surface area contributed by atoms with E-state index in [-0.39, 0.29) is 0 Å². The molecule has 0 saturated carbocycles. The van der Waals surface area contributed by atoms with Crippen LogP contribution in [0.2, 0.25) is 0 Å². The molecular weight excluding hydrogens is 108 g/mol. The molecule has 0 aromatic heterocycles. The standard InChI is InChI=1S/C9H17/c1-8(2)6-5-7-9(3)4/h6,9H,1,5,7H2,2-4H3/b8-6-. The highest BCUT2D eigenvalue weighted by atomic mass is 14.0. The number of allylic oxidation sites excluding steroid dienone is 2. The van der Waals surface area contributed by atoms with E-state index in [2.05, 4.69) is 26.8 Å². The van der Waals surface area contributed by atoms with E-state index in [0.717, 1.165) is 5.92 Å². The first-order valence-corrected chi connectivity index (χ1v) is 3.61. The molecule has 1 radical (unpaired) electrons. The van der Waals surface area contributed by atoms with Crippen LogP contribution in [0.25, 0.3) is 0 Å². The van der Waals surface area contributed by atoms with Gasteiger partial charge in [0.1, 0.15) is 0 Å². The maximum absolute atomic E-state index is 3.80. The maximum atomic E-state index is 3.80. The third-order valence-corrected chi connectivity index (χ3v) is 1.24. The Morgan fingerprint density at radius 1 is 1.56 bits per heavy atom. The Balaban J connectivity index is 3.20.